The highest BCUT2D eigenvalue weighted by Gasteiger charge is 2.75. The van der Waals surface area contributed by atoms with Crippen molar-refractivity contribution in [2.45, 2.75) is 91.1 Å². The molecule has 0 aliphatic heterocycles. The Morgan fingerprint density at radius 3 is 1.21 bits per heavy atom. The van der Waals surface area contributed by atoms with E-state index in [1.807, 2.05) is 0 Å². The van der Waals surface area contributed by atoms with Crippen molar-refractivity contribution >= 4 is 16.1 Å². The monoisotopic (exact) mass is 738 g/mol. The molecule has 13 heteroatoms. The van der Waals surface area contributed by atoms with E-state index in [0.717, 1.165) is 20.8 Å². The van der Waals surface area contributed by atoms with Gasteiger partial charge >= 0.3 is 45.1 Å². The fraction of sp³-hybridized carbons (Fsp3) is 0.552. The Morgan fingerprint density at radius 1 is 0.690 bits per heavy atom. The van der Waals surface area contributed by atoms with E-state index in [0.29, 0.717) is 0 Å². The second kappa shape index (κ2) is 13.0. The molecule has 42 heavy (non-hydrogen) atoms. The number of hydrogen-bond donors (Lipinski definition) is 0. The van der Waals surface area contributed by atoms with Gasteiger partial charge in [-0.15, -0.1) is 0 Å². The summed E-state index contributed by atoms with van der Waals surface area (Å²) in [6, 6.07) is 18.4. The van der Waals surface area contributed by atoms with E-state index in [1.54, 1.807) is 0 Å². The number of carbonyl (C=O) groups is 1. The third kappa shape index (κ3) is 11.0. The molecule has 0 saturated carbocycles. The quantitative estimate of drug-likeness (QED) is 0.197. The van der Waals surface area contributed by atoms with Crippen LogP contribution < -0.4 is 21.2 Å². The fourth-order valence-corrected chi connectivity index (χ4v) is 6.22. The topological polar surface area (TPSA) is 83.5 Å². The lowest BCUT2D eigenvalue weighted by Gasteiger charge is -2.38. The molecule has 0 saturated heterocycles. The second-order valence-electron chi connectivity index (χ2n) is 12.8. The van der Waals surface area contributed by atoms with Gasteiger partial charge < -0.3 is 9.29 Å². The predicted molar refractivity (Wildman–Crippen MR) is 143 cm³/mol. The average molecular weight is 739 g/mol. The summed E-state index contributed by atoms with van der Waals surface area (Å²) in [4.78, 5) is 11.3. The van der Waals surface area contributed by atoms with E-state index >= 15 is 0 Å². The molecule has 5 nitrogen and oxygen atoms in total. The first-order valence-corrected chi connectivity index (χ1v) is 16.4. The zero-order valence-corrected chi connectivity index (χ0v) is 27.9. The van der Waals surface area contributed by atoms with Crippen LogP contribution >= 0.6 is 0 Å². The van der Waals surface area contributed by atoms with Crippen molar-refractivity contribution in [2.75, 3.05) is 5.75 Å². The van der Waals surface area contributed by atoms with E-state index in [-0.39, 0.29) is 32.0 Å². The summed E-state index contributed by atoms with van der Waals surface area (Å²) in [5.74, 6) is -4.95. The normalized spacial score (nSPS) is 13.7. The number of benzene rings is 2. The van der Waals surface area contributed by atoms with E-state index in [4.69, 9.17) is 0 Å². The van der Waals surface area contributed by atoms with Crippen LogP contribution in [0.5, 0.6) is 0 Å². The molecule has 2 aromatic rings. The summed E-state index contributed by atoms with van der Waals surface area (Å²) in [6.45, 7) is 16.5. The fourth-order valence-electron chi connectivity index (χ4n) is 3.18. The molecule has 0 atom stereocenters. The first-order chi connectivity index (χ1) is 18.5. The molecule has 0 aliphatic carbocycles. The second-order valence-corrected chi connectivity index (χ2v) is 17.2. The van der Waals surface area contributed by atoms with Gasteiger partial charge in [0.25, 0.3) is 0 Å². The minimum absolute atomic E-state index is 0.0703. The Morgan fingerprint density at radius 2 is 1.00 bits per heavy atom. The Kier molecular flexibility index (Phi) is 11.8. The lowest BCUT2D eigenvalue weighted by molar-refractivity contribution is -0.597. The minimum Gasteiger partial charge on any atom is -0.748 e. The molecule has 0 aliphatic rings. The molecular weight excluding hydrogens is 701 g/mol. The van der Waals surface area contributed by atoms with E-state index < -0.39 is 45.2 Å². The van der Waals surface area contributed by atoms with Gasteiger partial charge in [0.15, 0.2) is 7.14 Å². The lowest BCUT2D eigenvalue weighted by atomic mass is 9.87. The number of carbonyl (C=O) groups excluding carboxylic acids is 1. The summed E-state index contributed by atoms with van der Waals surface area (Å²) < 4.78 is 114. The minimum atomic E-state index is -6.34. The standard InChI is InChI=1S/C20H26I.C9H12F6O5S/c1-19(2,3)15-7-11-17(12-8-15)21-18-13-9-16(10-14-18)20(4,5)6;1-6(2,3)5(16)20-7(8(10,11)12,9(13,14)15)4-21(17,18)19/h7-14H,1-6H3;4H2,1-3H3,(H,17,18,19)/q+1;/p-1. The number of halogens is 7. The Labute approximate surface area is 254 Å². The van der Waals surface area contributed by atoms with Crippen LogP contribution in [0, 0.1) is 12.6 Å². The molecule has 0 fully saturated rings. The van der Waals surface area contributed by atoms with Crippen LogP contribution in [0.1, 0.15) is 73.4 Å². The number of ether oxygens (including phenoxy) is 1. The largest absolute Gasteiger partial charge is 0.748 e. The predicted octanol–water partition coefficient (Wildman–Crippen LogP) is 4.39. The first kappa shape index (κ1) is 38.2. The summed E-state index contributed by atoms with van der Waals surface area (Å²) in [6.07, 6.45) is -12.7. The maximum Gasteiger partial charge on any atom is 0.438 e. The van der Waals surface area contributed by atoms with Gasteiger partial charge in [0.2, 0.25) is 0 Å². The zero-order chi connectivity index (χ0) is 33.2. The molecule has 0 radical (unpaired) electrons. The van der Waals surface area contributed by atoms with Gasteiger partial charge in [0, 0.05) is 0 Å². The summed E-state index contributed by atoms with van der Waals surface area (Å²) in [5.41, 5.74) is -3.88. The van der Waals surface area contributed by atoms with Gasteiger partial charge in [-0.25, -0.2) is 8.42 Å². The molecule has 238 valence electrons. The number of hydrogen-bond acceptors (Lipinski definition) is 5. The smallest absolute Gasteiger partial charge is 0.438 e. The van der Waals surface area contributed by atoms with Gasteiger partial charge in [-0.2, -0.15) is 26.3 Å². The third-order valence-corrected chi connectivity index (χ3v) is 9.26. The van der Waals surface area contributed by atoms with Gasteiger partial charge in [0.1, 0.15) is 0 Å². The SMILES string of the molecule is CC(C)(C)C(=O)OC(CS(=O)(=O)[O-])(C(F)(F)F)C(F)(F)F.CC(C)(C)c1ccc([I+]c2ccc(C(C)(C)C)cc2)cc1. The molecule has 0 amide bonds. The molecule has 2 rings (SSSR count). The molecule has 0 N–H and O–H groups in total. The van der Waals surface area contributed by atoms with E-state index in [9.17, 15) is 44.1 Å². The van der Waals surface area contributed by atoms with Crippen molar-refractivity contribution in [3.63, 3.8) is 0 Å². The van der Waals surface area contributed by atoms with Gasteiger partial charge in [-0.3, -0.25) is 4.79 Å². The van der Waals surface area contributed by atoms with Crippen molar-refractivity contribution in [3.05, 3.63) is 66.8 Å². The van der Waals surface area contributed by atoms with Crippen molar-refractivity contribution in [1.29, 1.82) is 0 Å². The first-order valence-electron chi connectivity index (χ1n) is 12.7. The van der Waals surface area contributed by atoms with Gasteiger partial charge in [-0.1, -0.05) is 65.8 Å². The van der Waals surface area contributed by atoms with E-state index in [1.165, 1.54) is 18.3 Å². The molecule has 0 spiro atoms. The Hall–Kier alpha value is -1.87. The molecule has 0 unspecified atom stereocenters. The third-order valence-electron chi connectivity index (χ3n) is 5.81. The molecule has 2 aromatic carbocycles. The maximum absolute atomic E-state index is 12.7. The van der Waals surface area contributed by atoms with Crippen LogP contribution in [0.4, 0.5) is 26.3 Å². The lowest BCUT2D eigenvalue weighted by Crippen LogP contribution is -3.61. The Bertz CT molecular complexity index is 1230. The van der Waals surface area contributed by atoms with Crippen molar-refractivity contribution in [3.8, 4) is 0 Å². The van der Waals surface area contributed by atoms with Crippen molar-refractivity contribution in [2.24, 2.45) is 5.41 Å². The van der Waals surface area contributed by atoms with Gasteiger partial charge in [-0.05, 0) is 67.0 Å². The van der Waals surface area contributed by atoms with E-state index in [2.05, 4.69) is 94.8 Å². The zero-order valence-electron chi connectivity index (χ0n) is 24.9. The summed E-state index contributed by atoms with van der Waals surface area (Å²) in [7, 11) is -6.01. The van der Waals surface area contributed by atoms with Crippen LogP contribution in [0.3, 0.4) is 0 Å². The van der Waals surface area contributed by atoms with Gasteiger partial charge in [0.05, 0.1) is 21.3 Å². The number of rotatable bonds is 5. The number of alkyl halides is 6. The van der Waals surface area contributed by atoms with Crippen molar-refractivity contribution in [1.82, 2.24) is 0 Å². The molecule has 0 bridgehead atoms. The molecular formula is C29H37F6IO5S. The maximum atomic E-state index is 12.7. The van der Waals surface area contributed by atoms with Crippen LogP contribution in [0.15, 0.2) is 48.5 Å². The average Bonchev–Trinajstić information content (AvgIpc) is 2.75. The highest BCUT2D eigenvalue weighted by molar-refractivity contribution is 7.85. The highest BCUT2D eigenvalue weighted by atomic mass is 127. The van der Waals surface area contributed by atoms with Crippen LogP contribution in [0.25, 0.3) is 0 Å². The van der Waals surface area contributed by atoms with Crippen LogP contribution in [-0.2, 0) is 30.5 Å². The molecule has 0 heterocycles. The number of esters is 1. The van der Waals surface area contributed by atoms with Crippen LogP contribution in [0.2, 0.25) is 0 Å². The summed E-state index contributed by atoms with van der Waals surface area (Å²) in [5, 5.41) is 0. The van der Waals surface area contributed by atoms with Crippen molar-refractivity contribution < 1.29 is 70.0 Å². The summed E-state index contributed by atoms with van der Waals surface area (Å²) >= 11 is -0.0703. The highest BCUT2D eigenvalue weighted by Crippen LogP contribution is 2.47. The Balaban J connectivity index is 0.000000420. The molecule has 0 aromatic heterocycles. The van der Waals surface area contributed by atoms with Crippen LogP contribution in [-0.4, -0.2) is 42.6 Å².